The van der Waals surface area contributed by atoms with Crippen LogP contribution in [0.15, 0.2) is 38.0 Å². The van der Waals surface area contributed by atoms with Crippen LogP contribution in [0.3, 0.4) is 0 Å². The smallest absolute Gasteiger partial charge is 0.0795 e. The van der Waals surface area contributed by atoms with E-state index in [1.54, 1.807) is 11.3 Å². The largest absolute Gasteiger partial charge is 0.307 e. The standard InChI is InChI=1S/C11H10Br2N2S/c12-10-2-1-8(3-11(10)13)4-14-5-9-6-16-7-15-9/h1-3,6-7,14H,4-5H2. The van der Waals surface area contributed by atoms with E-state index in [1.807, 2.05) is 11.6 Å². The highest BCUT2D eigenvalue weighted by Crippen LogP contribution is 2.23. The predicted molar refractivity (Wildman–Crippen MR) is 74.5 cm³/mol. The molecule has 0 saturated carbocycles. The van der Waals surface area contributed by atoms with Gasteiger partial charge in [-0.15, -0.1) is 11.3 Å². The van der Waals surface area contributed by atoms with Gasteiger partial charge in [0.15, 0.2) is 0 Å². The second kappa shape index (κ2) is 5.91. The number of benzene rings is 1. The van der Waals surface area contributed by atoms with Crippen LogP contribution in [0.2, 0.25) is 0 Å². The molecule has 0 bridgehead atoms. The third-order valence-corrected chi connectivity index (χ3v) is 4.62. The number of nitrogens with one attached hydrogen (secondary N) is 1. The molecule has 1 aromatic carbocycles. The van der Waals surface area contributed by atoms with Crippen LogP contribution < -0.4 is 5.32 Å². The zero-order valence-corrected chi connectivity index (χ0v) is 12.4. The van der Waals surface area contributed by atoms with Gasteiger partial charge >= 0.3 is 0 Å². The SMILES string of the molecule is Brc1ccc(CNCc2cscn2)cc1Br. The van der Waals surface area contributed by atoms with Gasteiger partial charge in [-0.25, -0.2) is 4.98 Å². The average Bonchev–Trinajstić information content (AvgIpc) is 2.76. The van der Waals surface area contributed by atoms with Crippen LogP contribution in [0.25, 0.3) is 0 Å². The van der Waals surface area contributed by atoms with E-state index in [9.17, 15) is 0 Å². The van der Waals surface area contributed by atoms with Crippen molar-refractivity contribution in [1.29, 1.82) is 0 Å². The van der Waals surface area contributed by atoms with E-state index in [-0.39, 0.29) is 0 Å². The third kappa shape index (κ3) is 3.38. The van der Waals surface area contributed by atoms with Gasteiger partial charge in [0.05, 0.1) is 11.2 Å². The summed E-state index contributed by atoms with van der Waals surface area (Å²) >= 11 is 8.57. The van der Waals surface area contributed by atoms with Gasteiger partial charge in [0.1, 0.15) is 0 Å². The minimum Gasteiger partial charge on any atom is -0.307 e. The van der Waals surface area contributed by atoms with Crippen LogP contribution in [-0.4, -0.2) is 4.98 Å². The lowest BCUT2D eigenvalue weighted by molar-refractivity contribution is 0.682. The van der Waals surface area contributed by atoms with E-state index >= 15 is 0 Å². The summed E-state index contributed by atoms with van der Waals surface area (Å²) in [6, 6.07) is 6.25. The molecule has 0 spiro atoms. The topological polar surface area (TPSA) is 24.9 Å². The Kier molecular flexibility index (Phi) is 4.52. The maximum Gasteiger partial charge on any atom is 0.0795 e. The highest BCUT2D eigenvalue weighted by Gasteiger charge is 1.99. The Bertz CT molecular complexity index is 457. The molecule has 16 heavy (non-hydrogen) atoms. The summed E-state index contributed by atoms with van der Waals surface area (Å²) in [7, 11) is 0. The third-order valence-electron chi connectivity index (χ3n) is 2.10. The summed E-state index contributed by atoms with van der Waals surface area (Å²) in [4.78, 5) is 4.22. The number of thiazole rings is 1. The van der Waals surface area contributed by atoms with Crippen molar-refractivity contribution in [3.05, 3.63) is 49.3 Å². The van der Waals surface area contributed by atoms with Gasteiger partial charge in [0.2, 0.25) is 0 Å². The molecular weight excluding hydrogens is 352 g/mol. The lowest BCUT2D eigenvalue weighted by atomic mass is 10.2. The van der Waals surface area contributed by atoms with Gasteiger partial charge in [-0.3, -0.25) is 0 Å². The number of nitrogens with zero attached hydrogens (tertiary/aromatic N) is 1. The molecule has 0 radical (unpaired) electrons. The highest BCUT2D eigenvalue weighted by atomic mass is 79.9. The lowest BCUT2D eigenvalue weighted by Gasteiger charge is -2.04. The molecule has 0 unspecified atom stereocenters. The number of rotatable bonds is 4. The molecule has 5 heteroatoms. The van der Waals surface area contributed by atoms with Gasteiger partial charge < -0.3 is 5.32 Å². The monoisotopic (exact) mass is 360 g/mol. The molecule has 2 rings (SSSR count). The van der Waals surface area contributed by atoms with Crippen molar-refractivity contribution in [2.24, 2.45) is 0 Å². The minimum atomic E-state index is 0.817. The Morgan fingerprint density at radius 1 is 1.19 bits per heavy atom. The first-order valence-electron chi connectivity index (χ1n) is 4.77. The molecule has 0 aliphatic carbocycles. The zero-order chi connectivity index (χ0) is 11.4. The van der Waals surface area contributed by atoms with Crippen molar-refractivity contribution in [3.8, 4) is 0 Å². The van der Waals surface area contributed by atoms with Gasteiger partial charge in [-0.05, 0) is 49.6 Å². The molecule has 1 heterocycles. The van der Waals surface area contributed by atoms with Crippen LogP contribution in [0, 0.1) is 0 Å². The maximum absolute atomic E-state index is 4.22. The number of hydrogen-bond acceptors (Lipinski definition) is 3. The summed E-state index contributed by atoms with van der Waals surface area (Å²) in [5.74, 6) is 0. The molecule has 0 aliphatic rings. The Labute approximate surface area is 115 Å². The number of hydrogen-bond donors (Lipinski definition) is 1. The predicted octanol–water partition coefficient (Wildman–Crippen LogP) is 3.96. The van der Waals surface area contributed by atoms with Gasteiger partial charge in [0.25, 0.3) is 0 Å². The second-order valence-corrected chi connectivity index (χ2v) is 5.76. The molecule has 2 nitrogen and oxygen atoms in total. The lowest BCUT2D eigenvalue weighted by Crippen LogP contribution is -2.12. The average molecular weight is 362 g/mol. The molecule has 0 amide bonds. The Morgan fingerprint density at radius 2 is 2.06 bits per heavy atom. The van der Waals surface area contributed by atoms with Crippen molar-refractivity contribution >= 4 is 43.2 Å². The van der Waals surface area contributed by atoms with E-state index in [0.717, 1.165) is 27.7 Å². The van der Waals surface area contributed by atoms with E-state index in [2.05, 4.69) is 59.7 Å². The Hall–Kier alpha value is -0.230. The summed E-state index contributed by atoms with van der Waals surface area (Å²) in [6.07, 6.45) is 0. The molecule has 0 fully saturated rings. The van der Waals surface area contributed by atoms with Crippen molar-refractivity contribution in [2.45, 2.75) is 13.1 Å². The fourth-order valence-corrected chi connectivity index (χ4v) is 2.54. The summed E-state index contributed by atoms with van der Waals surface area (Å²) in [5, 5.41) is 5.42. The van der Waals surface area contributed by atoms with Crippen LogP contribution in [0.5, 0.6) is 0 Å². The quantitative estimate of drug-likeness (QED) is 0.891. The molecule has 84 valence electrons. The molecule has 1 N–H and O–H groups in total. The minimum absolute atomic E-state index is 0.817. The van der Waals surface area contributed by atoms with Crippen LogP contribution in [0.4, 0.5) is 0 Å². The van der Waals surface area contributed by atoms with Crippen LogP contribution in [-0.2, 0) is 13.1 Å². The normalized spacial score (nSPS) is 10.6. The first-order valence-corrected chi connectivity index (χ1v) is 7.30. The molecule has 0 saturated heterocycles. The first kappa shape index (κ1) is 12.2. The van der Waals surface area contributed by atoms with E-state index < -0.39 is 0 Å². The highest BCUT2D eigenvalue weighted by molar-refractivity contribution is 9.13. The molecule has 2 aromatic rings. The molecular formula is C11H10Br2N2S. The van der Waals surface area contributed by atoms with E-state index in [0.29, 0.717) is 0 Å². The second-order valence-electron chi connectivity index (χ2n) is 3.33. The van der Waals surface area contributed by atoms with Crippen molar-refractivity contribution in [2.75, 3.05) is 0 Å². The summed E-state index contributed by atoms with van der Waals surface area (Å²) in [6.45, 7) is 1.67. The zero-order valence-electron chi connectivity index (χ0n) is 8.41. The number of aromatic nitrogens is 1. The summed E-state index contributed by atoms with van der Waals surface area (Å²) in [5.41, 5.74) is 4.21. The number of halogens is 2. The van der Waals surface area contributed by atoms with Gasteiger partial charge in [-0.2, -0.15) is 0 Å². The molecule has 1 aromatic heterocycles. The van der Waals surface area contributed by atoms with Crippen molar-refractivity contribution in [1.82, 2.24) is 10.3 Å². The van der Waals surface area contributed by atoms with Crippen molar-refractivity contribution < 1.29 is 0 Å². The molecule has 0 aliphatic heterocycles. The fourth-order valence-electron chi connectivity index (χ4n) is 1.31. The van der Waals surface area contributed by atoms with Crippen molar-refractivity contribution in [3.63, 3.8) is 0 Å². The van der Waals surface area contributed by atoms with Gasteiger partial charge in [0, 0.05) is 27.4 Å². The summed E-state index contributed by atoms with van der Waals surface area (Å²) < 4.78 is 2.16. The Balaban J connectivity index is 1.87. The van der Waals surface area contributed by atoms with Gasteiger partial charge in [-0.1, -0.05) is 6.07 Å². The molecule has 0 atom stereocenters. The van der Waals surface area contributed by atoms with E-state index in [1.165, 1.54) is 5.56 Å². The Morgan fingerprint density at radius 3 is 2.75 bits per heavy atom. The van der Waals surface area contributed by atoms with Crippen LogP contribution in [0.1, 0.15) is 11.3 Å². The van der Waals surface area contributed by atoms with E-state index in [4.69, 9.17) is 0 Å². The first-order chi connectivity index (χ1) is 7.75. The fraction of sp³-hybridized carbons (Fsp3) is 0.182. The van der Waals surface area contributed by atoms with Crippen LogP contribution >= 0.6 is 43.2 Å². The maximum atomic E-state index is 4.22.